The van der Waals surface area contributed by atoms with Gasteiger partial charge in [-0.3, -0.25) is 4.98 Å². The average Bonchev–Trinajstić information content (AvgIpc) is 3.21. The predicted molar refractivity (Wildman–Crippen MR) is 120 cm³/mol. The normalized spacial score (nSPS) is 15.0. The molecule has 0 radical (unpaired) electrons. The number of aliphatic hydroxyl groups is 1. The van der Waals surface area contributed by atoms with Gasteiger partial charge in [-0.1, -0.05) is 6.92 Å². The highest BCUT2D eigenvalue weighted by Crippen LogP contribution is 2.34. The van der Waals surface area contributed by atoms with Gasteiger partial charge in [0.05, 0.1) is 10.4 Å². The Morgan fingerprint density at radius 1 is 1.14 bits per heavy atom. The number of aromatic nitrogens is 2. The van der Waals surface area contributed by atoms with Gasteiger partial charge in [-0.05, 0) is 54.4 Å². The molecule has 4 rings (SSSR count). The Balaban J connectivity index is 0.00000225. The molecule has 0 aromatic carbocycles. The molecule has 3 aromatic rings. The lowest BCUT2D eigenvalue weighted by Crippen LogP contribution is -2.46. The standard InChI is InChI=1S/C21H26N4OS.ClH/c1-2-24-8-10-25(11-9-24)21-20-16(7-13-27-20)14-19(23-21)17-5-6-18(22-15-17)4-3-12-26;/h5-7,13-15,26H,2-4,8-12H2,1H3;1H. The van der Waals surface area contributed by atoms with Crippen molar-refractivity contribution >= 4 is 39.6 Å². The summed E-state index contributed by atoms with van der Waals surface area (Å²) in [5.41, 5.74) is 3.04. The zero-order valence-corrected chi connectivity index (χ0v) is 17.8. The van der Waals surface area contributed by atoms with Crippen LogP contribution in [0.1, 0.15) is 19.0 Å². The van der Waals surface area contributed by atoms with Crippen molar-refractivity contribution in [2.24, 2.45) is 0 Å². The summed E-state index contributed by atoms with van der Waals surface area (Å²) in [6.07, 6.45) is 3.46. The third-order valence-corrected chi connectivity index (χ3v) is 6.17. The molecular weight excluding hydrogens is 392 g/mol. The number of thiophene rings is 1. The second kappa shape index (κ2) is 9.65. The van der Waals surface area contributed by atoms with Crippen molar-refractivity contribution in [3.05, 3.63) is 41.5 Å². The maximum absolute atomic E-state index is 8.98. The number of piperazine rings is 1. The van der Waals surface area contributed by atoms with Gasteiger partial charge >= 0.3 is 0 Å². The van der Waals surface area contributed by atoms with E-state index in [1.54, 1.807) is 11.3 Å². The molecule has 5 nitrogen and oxygen atoms in total. The molecule has 1 N–H and O–H groups in total. The Morgan fingerprint density at radius 2 is 1.96 bits per heavy atom. The van der Waals surface area contributed by atoms with Gasteiger partial charge in [0, 0.05) is 50.2 Å². The summed E-state index contributed by atoms with van der Waals surface area (Å²) in [6, 6.07) is 8.49. The summed E-state index contributed by atoms with van der Waals surface area (Å²) in [4.78, 5) is 14.5. The highest BCUT2D eigenvalue weighted by atomic mass is 35.5. The largest absolute Gasteiger partial charge is 0.396 e. The molecule has 1 saturated heterocycles. The lowest BCUT2D eigenvalue weighted by atomic mass is 10.1. The van der Waals surface area contributed by atoms with Crippen LogP contribution in [0, 0.1) is 0 Å². The fourth-order valence-electron chi connectivity index (χ4n) is 3.58. The average molecular weight is 419 g/mol. The molecule has 150 valence electrons. The van der Waals surface area contributed by atoms with Crippen LogP contribution in [0.25, 0.3) is 21.3 Å². The van der Waals surface area contributed by atoms with Crippen molar-refractivity contribution in [1.29, 1.82) is 0 Å². The van der Waals surface area contributed by atoms with E-state index in [1.165, 1.54) is 10.1 Å². The van der Waals surface area contributed by atoms with Crippen LogP contribution >= 0.6 is 23.7 Å². The number of likely N-dealkylation sites (N-methyl/N-ethyl adjacent to an activating group) is 1. The number of fused-ring (bicyclic) bond motifs is 1. The Morgan fingerprint density at radius 3 is 2.64 bits per heavy atom. The molecule has 0 saturated carbocycles. The van der Waals surface area contributed by atoms with E-state index in [1.807, 2.05) is 12.3 Å². The quantitative estimate of drug-likeness (QED) is 0.659. The maximum atomic E-state index is 8.98. The number of aryl methyl sites for hydroxylation is 1. The van der Waals surface area contributed by atoms with Crippen molar-refractivity contribution in [2.75, 3.05) is 44.2 Å². The number of pyridine rings is 2. The van der Waals surface area contributed by atoms with Gasteiger partial charge in [-0.2, -0.15) is 0 Å². The maximum Gasteiger partial charge on any atom is 0.147 e. The molecule has 1 aliphatic rings. The first-order valence-electron chi connectivity index (χ1n) is 9.70. The van der Waals surface area contributed by atoms with E-state index >= 15 is 0 Å². The smallest absolute Gasteiger partial charge is 0.147 e. The molecular formula is C21H27ClN4OS. The summed E-state index contributed by atoms with van der Waals surface area (Å²) < 4.78 is 1.27. The van der Waals surface area contributed by atoms with E-state index in [9.17, 15) is 0 Å². The Labute approximate surface area is 176 Å². The van der Waals surface area contributed by atoms with Crippen molar-refractivity contribution in [2.45, 2.75) is 19.8 Å². The van der Waals surface area contributed by atoms with Crippen molar-refractivity contribution in [1.82, 2.24) is 14.9 Å². The molecule has 0 aliphatic carbocycles. The molecule has 7 heteroatoms. The molecule has 0 atom stereocenters. The first-order chi connectivity index (χ1) is 13.3. The highest BCUT2D eigenvalue weighted by Gasteiger charge is 2.20. The number of aliphatic hydroxyl groups excluding tert-OH is 1. The molecule has 0 bridgehead atoms. The zero-order chi connectivity index (χ0) is 18.6. The van der Waals surface area contributed by atoms with Crippen LogP contribution in [0.5, 0.6) is 0 Å². The molecule has 0 spiro atoms. The van der Waals surface area contributed by atoms with Crippen LogP contribution in [0.4, 0.5) is 5.82 Å². The Bertz CT molecular complexity index is 891. The third-order valence-electron chi connectivity index (χ3n) is 5.25. The second-order valence-corrected chi connectivity index (χ2v) is 7.87. The van der Waals surface area contributed by atoms with Crippen LogP contribution in [-0.2, 0) is 6.42 Å². The second-order valence-electron chi connectivity index (χ2n) is 6.96. The number of nitrogens with zero attached hydrogens (tertiary/aromatic N) is 4. The molecule has 3 aromatic heterocycles. The molecule has 28 heavy (non-hydrogen) atoms. The van der Waals surface area contributed by atoms with Gasteiger partial charge in [0.2, 0.25) is 0 Å². The number of anilines is 1. The molecule has 0 unspecified atom stereocenters. The van der Waals surface area contributed by atoms with E-state index in [-0.39, 0.29) is 19.0 Å². The summed E-state index contributed by atoms with van der Waals surface area (Å²) in [5.74, 6) is 1.11. The summed E-state index contributed by atoms with van der Waals surface area (Å²) in [6.45, 7) is 7.78. The van der Waals surface area contributed by atoms with Crippen LogP contribution in [-0.4, -0.2) is 59.3 Å². The third kappa shape index (κ3) is 4.46. The fraction of sp³-hybridized carbons (Fsp3) is 0.429. The highest BCUT2D eigenvalue weighted by molar-refractivity contribution is 7.17. The Hall–Kier alpha value is -1.73. The first kappa shape index (κ1) is 21.0. The zero-order valence-electron chi connectivity index (χ0n) is 16.2. The molecule has 4 heterocycles. The number of hydrogen-bond donors (Lipinski definition) is 1. The van der Waals surface area contributed by atoms with E-state index in [0.717, 1.165) is 68.3 Å². The lowest BCUT2D eigenvalue weighted by molar-refractivity contribution is 0.271. The minimum Gasteiger partial charge on any atom is -0.396 e. The molecule has 1 fully saturated rings. The van der Waals surface area contributed by atoms with Gasteiger partial charge in [-0.25, -0.2) is 4.98 Å². The Kier molecular flexibility index (Phi) is 7.24. The van der Waals surface area contributed by atoms with E-state index in [4.69, 9.17) is 10.1 Å². The van der Waals surface area contributed by atoms with Crippen molar-refractivity contribution in [3.63, 3.8) is 0 Å². The molecule has 0 amide bonds. The van der Waals surface area contributed by atoms with Crippen LogP contribution in [0.2, 0.25) is 0 Å². The SMILES string of the molecule is CCN1CCN(c2nc(-c3ccc(CCCO)nc3)cc3ccsc23)CC1.Cl. The first-order valence-corrected chi connectivity index (χ1v) is 10.6. The summed E-state index contributed by atoms with van der Waals surface area (Å²) >= 11 is 1.77. The summed E-state index contributed by atoms with van der Waals surface area (Å²) in [7, 11) is 0. The number of halogens is 1. The van der Waals surface area contributed by atoms with Gasteiger partial charge in [-0.15, -0.1) is 23.7 Å². The van der Waals surface area contributed by atoms with Crippen LogP contribution in [0.15, 0.2) is 35.8 Å². The topological polar surface area (TPSA) is 52.5 Å². The van der Waals surface area contributed by atoms with Gasteiger partial charge in [0.1, 0.15) is 5.82 Å². The van der Waals surface area contributed by atoms with Crippen LogP contribution in [0.3, 0.4) is 0 Å². The van der Waals surface area contributed by atoms with E-state index in [2.05, 4.69) is 45.3 Å². The fourth-order valence-corrected chi connectivity index (χ4v) is 4.48. The van der Waals surface area contributed by atoms with Gasteiger partial charge < -0.3 is 14.9 Å². The van der Waals surface area contributed by atoms with E-state index < -0.39 is 0 Å². The number of rotatable bonds is 6. The molecule has 1 aliphatic heterocycles. The lowest BCUT2D eigenvalue weighted by Gasteiger charge is -2.35. The van der Waals surface area contributed by atoms with Gasteiger partial charge in [0.15, 0.2) is 0 Å². The predicted octanol–water partition coefficient (Wildman–Crippen LogP) is 3.85. The summed E-state index contributed by atoms with van der Waals surface area (Å²) in [5, 5.41) is 12.4. The number of hydrogen-bond acceptors (Lipinski definition) is 6. The van der Waals surface area contributed by atoms with Crippen molar-refractivity contribution in [3.8, 4) is 11.3 Å². The minimum absolute atomic E-state index is 0. The van der Waals surface area contributed by atoms with E-state index in [0.29, 0.717) is 0 Å². The minimum atomic E-state index is 0. The monoisotopic (exact) mass is 418 g/mol. The van der Waals surface area contributed by atoms with Gasteiger partial charge in [0.25, 0.3) is 0 Å². The van der Waals surface area contributed by atoms with Crippen LogP contribution < -0.4 is 4.90 Å². The van der Waals surface area contributed by atoms with Crippen molar-refractivity contribution < 1.29 is 5.11 Å².